The van der Waals surface area contributed by atoms with Gasteiger partial charge in [-0.2, -0.15) is 0 Å². The van der Waals surface area contributed by atoms with Crippen LogP contribution in [0.5, 0.6) is 0 Å². The SMILES string of the molecule is Cc1nc2cc(C(=O)O)c(C(=O)OC(=O)c3nc4oc(C)nc4cc3C(=O)O)nc2o1. The number of nitrogens with zero attached hydrogens (tertiary/aromatic N) is 4. The molecule has 156 valence electrons. The highest BCUT2D eigenvalue weighted by molar-refractivity contribution is 6.10. The van der Waals surface area contributed by atoms with Crippen molar-refractivity contribution in [2.75, 3.05) is 0 Å². The van der Waals surface area contributed by atoms with Gasteiger partial charge in [-0.15, -0.1) is 0 Å². The van der Waals surface area contributed by atoms with Crippen LogP contribution < -0.4 is 0 Å². The van der Waals surface area contributed by atoms with Gasteiger partial charge in [0.15, 0.2) is 23.2 Å². The molecule has 0 unspecified atom stereocenters. The van der Waals surface area contributed by atoms with Gasteiger partial charge in [0, 0.05) is 13.8 Å². The van der Waals surface area contributed by atoms with Gasteiger partial charge >= 0.3 is 23.9 Å². The first kappa shape index (κ1) is 19.6. The van der Waals surface area contributed by atoms with Crippen LogP contribution in [0.15, 0.2) is 21.0 Å². The molecule has 4 heterocycles. The highest BCUT2D eigenvalue weighted by Crippen LogP contribution is 2.21. The molecule has 0 aliphatic rings. The number of aromatic nitrogens is 4. The van der Waals surface area contributed by atoms with Crippen molar-refractivity contribution >= 4 is 46.3 Å². The maximum Gasteiger partial charge on any atom is 0.365 e. The number of hydrogen-bond acceptors (Lipinski definition) is 11. The van der Waals surface area contributed by atoms with Crippen LogP contribution >= 0.6 is 0 Å². The smallest absolute Gasteiger partial charge is 0.365 e. The maximum absolute atomic E-state index is 12.5. The molecule has 0 aliphatic heterocycles. The van der Waals surface area contributed by atoms with E-state index in [-0.39, 0.29) is 34.2 Å². The van der Waals surface area contributed by atoms with E-state index in [4.69, 9.17) is 8.83 Å². The molecule has 0 aliphatic carbocycles. The summed E-state index contributed by atoms with van der Waals surface area (Å²) in [6.07, 6.45) is 0. The van der Waals surface area contributed by atoms with Crippen molar-refractivity contribution in [3.63, 3.8) is 0 Å². The van der Waals surface area contributed by atoms with Crippen molar-refractivity contribution in [3.8, 4) is 0 Å². The number of aryl methyl sites for hydroxylation is 2. The summed E-state index contributed by atoms with van der Waals surface area (Å²) in [7, 11) is 0. The van der Waals surface area contributed by atoms with Gasteiger partial charge in [-0.05, 0) is 12.1 Å². The highest BCUT2D eigenvalue weighted by atomic mass is 16.6. The quantitative estimate of drug-likeness (QED) is 0.354. The number of esters is 2. The van der Waals surface area contributed by atoms with Gasteiger partial charge in [0.25, 0.3) is 0 Å². The predicted molar refractivity (Wildman–Crippen MR) is 96.7 cm³/mol. The zero-order chi connectivity index (χ0) is 22.4. The molecule has 13 nitrogen and oxygen atoms in total. The van der Waals surface area contributed by atoms with Crippen LogP contribution in [0.3, 0.4) is 0 Å². The van der Waals surface area contributed by atoms with Crippen LogP contribution in [-0.2, 0) is 4.74 Å². The molecule has 0 atom stereocenters. The van der Waals surface area contributed by atoms with Crippen molar-refractivity contribution < 1.29 is 43.0 Å². The number of fused-ring (bicyclic) bond motifs is 2. The Morgan fingerprint density at radius 1 is 0.742 bits per heavy atom. The molecule has 0 radical (unpaired) electrons. The standard InChI is InChI=1S/C18H10N4O9/c1-5-19-9-3-7(15(23)24)11(21-13(9)29-5)17(27)31-18(28)12-8(16(25)26)4-10-14(22-12)30-6(2)20-10/h3-4H,1-2H3,(H,23,24)(H,25,26). The summed E-state index contributed by atoms with van der Waals surface area (Å²) in [6.45, 7) is 2.98. The van der Waals surface area contributed by atoms with Gasteiger partial charge in [0.05, 0.1) is 11.1 Å². The van der Waals surface area contributed by atoms with Crippen LogP contribution in [0.25, 0.3) is 22.5 Å². The van der Waals surface area contributed by atoms with Crippen LogP contribution in [0.1, 0.15) is 53.5 Å². The van der Waals surface area contributed by atoms with E-state index >= 15 is 0 Å². The maximum atomic E-state index is 12.5. The fourth-order valence-corrected chi connectivity index (χ4v) is 2.76. The minimum absolute atomic E-state index is 0.0822. The third-order valence-corrected chi connectivity index (χ3v) is 4.01. The molecule has 0 aromatic carbocycles. The topological polar surface area (TPSA) is 196 Å². The number of carboxylic acid groups (broad SMARTS) is 2. The second-order valence-corrected chi connectivity index (χ2v) is 6.17. The normalized spacial score (nSPS) is 11.0. The van der Waals surface area contributed by atoms with Crippen molar-refractivity contribution in [2.24, 2.45) is 0 Å². The molecule has 0 spiro atoms. The Balaban J connectivity index is 1.74. The number of carboxylic acids is 2. The van der Waals surface area contributed by atoms with E-state index in [0.717, 1.165) is 12.1 Å². The van der Waals surface area contributed by atoms with Crippen LogP contribution in [0.2, 0.25) is 0 Å². The van der Waals surface area contributed by atoms with Crippen molar-refractivity contribution in [2.45, 2.75) is 13.8 Å². The first-order valence-corrected chi connectivity index (χ1v) is 8.43. The number of rotatable bonds is 4. The summed E-state index contributed by atoms with van der Waals surface area (Å²) in [5.41, 5.74) is -2.79. The van der Waals surface area contributed by atoms with E-state index in [1.807, 2.05) is 0 Å². The molecule has 0 saturated heterocycles. The van der Waals surface area contributed by atoms with Gasteiger partial charge in [0.2, 0.25) is 11.4 Å². The second-order valence-electron chi connectivity index (χ2n) is 6.17. The Morgan fingerprint density at radius 3 is 1.48 bits per heavy atom. The van der Waals surface area contributed by atoms with Crippen LogP contribution in [0.4, 0.5) is 0 Å². The average molecular weight is 426 g/mol. The summed E-state index contributed by atoms with van der Waals surface area (Å²) >= 11 is 0. The number of pyridine rings is 2. The van der Waals surface area contributed by atoms with E-state index in [2.05, 4.69) is 24.7 Å². The Labute approximate surface area is 170 Å². The molecule has 4 aromatic heterocycles. The number of carbonyl (C=O) groups excluding carboxylic acids is 2. The molecule has 31 heavy (non-hydrogen) atoms. The zero-order valence-electron chi connectivity index (χ0n) is 15.7. The fraction of sp³-hybridized carbons (Fsp3) is 0.111. The zero-order valence-corrected chi connectivity index (χ0v) is 15.7. The minimum Gasteiger partial charge on any atom is -0.478 e. The molecule has 4 rings (SSSR count). The number of carbonyl (C=O) groups is 4. The van der Waals surface area contributed by atoms with Crippen molar-refractivity contribution in [1.29, 1.82) is 0 Å². The lowest BCUT2D eigenvalue weighted by Crippen LogP contribution is -2.20. The molecule has 0 saturated carbocycles. The molecule has 13 heteroatoms. The lowest BCUT2D eigenvalue weighted by molar-refractivity contribution is 0.0378. The molecular weight excluding hydrogens is 416 g/mol. The Bertz CT molecular complexity index is 1330. The predicted octanol–water partition coefficient (Wildman–Crippen LogP) is 1.77. The second kappa shape index (κ2) is 6.98. The summed E-state index contributed by atoms with van der Waals surface area (Å²) in [5.74, 6) is -5.62. The van der Waals surface area contributed by atoms with E-state index in [1.165, 1.54) is 13.8 Å². The van der Waals surface area contributed by atoms with E-state index in [0.29, 0.717) is 0 Å². The molecular formula is C18H10N4O9. The fourth-order valence-electron chi connectivity index (χ4n) is 2.76. The number of oxazole rings is 2. The summed E-state index contributed by atoms with van der Waals surface area (Å²) in [5, 5.41) is 18.7. The van der Waals surface area contributed by atoms with Gasteiger partial charge in [-0.25, -0.2) is 39.1 Å². The summed E-state index contributed by atoms with van der Waals surface area (Å²) in [4.78, 5) is 63.5. The lowest BCUT2D eigenvalue weighted by atomic mass is 10.1. The largest absolute Gasteiger partial charge is 0.478 e. The average Bonchev–Trinajstić information content (AvgIpc) is 3.24. The molecule has 0 fully saturated rings. The van der Waals surface area contributed by atoms with Crippen molar-refractivity contribution in [1.82, 2.24) is 19.9 Å². The van der Waals surface area contributed by atoms with E-state index < -0.39 is 46.4 Å². The number of hydrogen-bond donors (Lipinski definition) is 2. The van der Waals surface area contributed by atoms with Crippen LogP contribution in [-0.4, -0.2) is 54.0 Å². The van der Waals surface area contributed by atoms with Gasteiger partial charge < -0.3 is 23.8 Å². The summed E-state index contributed by atoms with van der Waals surface area (Å²) < 4.78 is 15.0. The monoisotopic (exact) mass is 426 g/mol. The molecule has 4 aromatic rings. The van der Waals surface area contributed by atoms with Gasteiger partial charge in [0.1, 0.15) is 11.0 Å². The molecule has 2 N–H and O–H groups in total. The Kier molecular flexibility index (Phi) is 4.42. The minimum atomic E-state index is -1.53. The first-order chi connectivity index (χ1) is 14.6. The van der Waals surface area contributed by atoms with Gasteiger partial charge in [-0.3, -0.25) is 0 Å². The first-order valence-electron chi connectivity index (χ1n) is 8.43. The Morgan fingerprint density at radius 2 is 1.13 bits per heavy atom. The lowest BCUT2D eigenvalue weighted by Gasteiger charge is -2.06. The van der Waals surface area contributed by atoms with E-state index in [1.54, 1.807) is 0 Å². The van der Waals surface area contributed by atoms with Gasteiger partial charge in [-0.1, -0.05) is 0 Å². The number of ether oxygens (including phenoxy) is 1. The number of aromatic carboxylic acids is 2. The third-order valence-electron chi connectivity index (χ3n) is 4.01. The molecule has 0 amide bonds. The van der Waals surface area contributed by atoms with E-state index in [9.17, 15) is 29.4 Å². The van der Waals surface area contributed by atoms with Crippen LogP contribution in [0, 0.1) is 13.8 Å². The molecule has 0 bridgehead atoms. The highest BCUT2D eigenvalue weighted by Gasteiger charge is 2.29. The summed E-state index contributed by atoms with van der Waals surface area (Å²) in [6, 6.07) is 2.07. The third kappa shape index (κ3) is 3.43. The Hall–Kier alpha value is -4.68. The van der Waals surface area contributed by atoms with Crippen molar-refractivity contribution in [3.05, 3.63) is 46.4 Å².